The van der Waals surface area contributed by atoms with E-state index < -0.39 is 0 Å². The monoisotopic (exact) mass is 379 g/mol. The molecule has 6 heteroatoms. The minimum Gasteiger partial charge on any atom is -0.351 e. The van der Waals surface area contributed by atoms with Gasteiger partial charge in [0, 0.05) is 25.2 Å². The maximum atomic E-state index is 12.7. The van der Waals surface area contributed by atoms with E-state index >= 15 is 0 Å². The first-order valence-electron chi connectivity index (χ1n) is 9.65. The van der Waals surface area contributed by atoms with Crippen LogP contribution in [0.5, 0.6) is 0 Å². The Hall–Kier alpha value is -2.99. The predicted octanol–water partition coefficient (Wildman–Crippen LogP) is 2.25. The number of amides is 3. The zero-order chi connectivity index (χ0) is 19.9. The minimum atomic E-state index is -0.338. The molecule has 146 valence electrons. The van der Waals surface area contributed by atoms with Gasteiger partial charge in [0.2, 0.25) is 0 Å². The smallest absolute Gasteiger partial charge is 0.261 e. The molecule has 0 aliphatic carbocycles. The summed E-state index contributed by atoms with van der Waals surface area (Å²) in [4.78, 5) is 38.8. The van der Waals surface area contributed by atoms with E-state index in [1.807, 2.05) is 30.3 Å². The second-order valence-electron chi connectivity index (χ2n) is 6.76. The highest BCUT2D eigenvalue weighted by molar-refractivity contribution is 6.22. The van der Waals surface area contributed by atoms with Crippen molar-refractivity contribution in [3.63, 3.8) is 0 Å². The third-order valence-electron chi connectivity index (χ3n) is 4.71. The summed E-state index contributed by atoms with van der Waals surface area (Å²) in [5.74, 6) is -0.883. The molecular formula is C22H25N3O3. The first kappa shape index (κ1) is 19.8. The molecule has 0 saturated carbocycles. The van der Waals surface area contributed by atoms with Crippen LogP contribution in [0.2, 0.25) is 0 Å². The van der Waals surface area contributed by atoms with E-state index in [9.17, 15) is 14.4 Å². The zero-order valence-electron chi connectivity index (χ0n) is 16.0. The van der Waals surface area contributed by atoms with Gasteiger partial charge >= 0.3 is 0 Å². The Morgan fingerprint density at radius 2 is 1.68 bits per heavy atom. The van der Waals surface area contributed by atoms with Gasteiger partial charge in [-0.15, -0.1) is 0 Å². The van der Waals surface area contributed by atoms with Crippen molar-refractivity contribution in [3.05, 3.63) is 70.8 Å². The first-order chi connectivity index (χ1) is 13.6. The summed E-state index contributed by atoms with van der Waals surface area (Å²) in [6, 6.07) is 14.4. The number of carbonyl (C=O) groups excluding carboxylic acids is 3. The van der Waals surface area contributed by atoms with Gasteiger partial charge < -0.3 is 10.6 Å². The van der Waals surface area contributed by atoms with Gasteiger partial charge in [-0.3, -0.25) is 19.3 Å². The Morgan fingerprint density at radius 1 is 0.929 bits per heavy atom. The van der Waals surface area contributed by atoms with Crippen LogP contribution in [-0.4, -0.2) is 48.8 Å². The van der Waals surface area contributed by atoms with Crippen molar-refractivity contribution in [2.75, 3.05) is 26.2 Å². The number of nitrogens with zero attached hydrogens (tertiary/aromatic N) is 1. The number of imide groups is 1. The number of carbonyl (C=O) groups is 3. The highest BCUT2D eigenvalue weighted by Gasteiger charge is 2.35. The van der Waals surface area contributed by atoms with Gasteiger partial charge in [0.1, 0.15) is 0 Å². The molecule has 0 atom stereocenters. The van der Waals surface area contributed by atoms with Crippen LogP contribution in [-0.2, 0) is 6.42 Å². The van der Waals surface area contributed by atoms with Gasteiger partial charge in [-0.05, 0) is 43.1 Å². The van der Waals surface area contributed by atoms with E-state index in [0.717, 1.165) is 18.5 Å². The lowest BCUT2D eigenvalue weighted by Crippen LogP contribution is -2.32. The van der Waals surface area contributed by atoms with Crippen LogP contribution in [0.3, 0.4) is 0 Å². The molecule has 3 rings (SSSR count). The number of fused-ring (bicyclic) bond motifs is 1. The van der Waals surface area contributed by atoms with Gasteiger partial charge in [-0.2, -0.15) is 0 Å². The molecule has 0 fully saturated rings. The highest BCUT2D eigenvalue weighted by Crippen LogP contribution is 2.24. The van der Waals surface area contributed by atoms with Crippen LogP contribution in [0.15, 0.2) is 48.5 Å². The average molecular weight is 379 g/mol. The van der Waals surface area contributed by atoms with Crippen molar-refractivity contribution in [1.29, 1.82) is 0 Å². The minimum absolute atomic E-state index is 0.246. The molecule has 0 saturated heterocycles. The maximum absolute atomic E-state index is 12.7. The van der Waals surface area contributed by atoms with Crippen LogP contribution in [0, 0.1) is 0 Å². The van der Waals surface area contributed by atoms with Gasteiger partial charge in [-0.1, -0.05) is 37.3 Å². The van der Waals surface area contributed by atoms with E-state index in [4.69, 9.17) is 0 Å². The van der Waals surface area contributed by atoms with Crippen molar-refractivity contribution in [2.45, 2.75) is 19.8 Å². The molecule has 2 aromatic carbocycles. The van der Waals surface area contributed by atoms with E-state index in [-0.39, 0.29) is 17.7 Å². The lowest BCUT2D eigenvalue weighted by molar-refractivity contribution is 0.0656. The summed E-state index contributed by atoms with van der Waals surface area (Å²) >= 11 is 0. The summed E-state index contributed by atoms with van der Waals surface area (Å²) in [5.41, 5.74) is 2.12. The Bertz CT molecular complexity index is 865. The van der Waals surface area contributed by atoms with E-state index in [1.54, 1.807) is 12.1 Å². The molecule has 6 nitrogen and oxygen atoms in total. The third-order valence-corrected chi connectivity index (χ3v) is 4.71. The maximum Gasteiger partial charge on any atom is 0.261 e. The van der Waals surface area contributed by atoms with Crippen LogP contribution in [0.25, 0.3) is 0 Å². The largest absolute Gasteiger partial charge is 0.351 e. The molecule has 2 N–H and O–H groups in total. The van der Waals surface area contributed by atoms with E-state index in [1.165, 1.54) is 11.0 Å². The molecule has 1 heterocycles. The molecule has 3 amide bonds. The Kier molecular flexibility index (Phi) is 6.55. The van der Waals surface area contributed by atoms with Crippen molar-refractivity contribution < 1.29 is 14.4 Å². The molecular weight excluding hydrogens is 354 g/mol. The summed E-state index contributed by atoms with van der Waals surface area (Å²) in [7, 11) is 0. The fourth-order valence-corrected chi connectivity index (χ4v) is 3.19. The number of hydrogen-bond acceptors (Lipinski definition) is 4. The van der Waals surface area contributed by atoms with Crippen molar-refractivity contribution in [1.82, 2.24) is 15.5 Å². The molecule has 2 aromatic rings. The summed E-state index contributed by atoms with van der Waals surface area (Å²) in [6.45, 7) is 4.50. The predicted molar refractivity (Wildman–Crippen MR) is 107 cm³/mol. The van der Waals surface area contributed by atoms with Gasteiger partial charge in [-0.25, -0.2) is 0 Å². The fourth-order valence-electron chi connectivity index (χ4n) is 3.19. The molecule has 28 heavy (non-hydrogen) atoms. The van der Waals surface area contributed by atoms with Gasteiger partial charge in [0.05, 0.1) is 11.1 Å². The second-order valence-corrected chi connectivity index (χ2v) is 6.76. The molecule has 1 aliphatic rings. The van der Waals surface area contributed by atoms with Crippen molar-refractivity contribution in [2.24, 2.45) is 0 Å². The molecule has 0 spiro atoms. The van der Waals surface area contributed by atoms with Crippen LogP contribution in [0.1, 0.15) is 50.0 Å². The molecule has 0 radical (unpaired) electrons. The Morgan fingerprint density at radius 3 is 2.43 bits per heavy atom. The summed E-state index contributed by atoms with van der Waals surface area (Å²) in [6.07, 6.45) is 1.64. The zero-order valence-corrected chi connectivity index (χ0v) is 16.0. The summed E-state index contributed by atoms with van der Waals surface area (Å²) < 4.78 is 0. The van der Waals surface area contributed by atoms with Crippen molar-refractivity contribution >= 4 is 17.7 Å². The van der Waals surface area contributed by atoms with E-state index in [2.05, 4.69) is 17.6 Å². The lowest BCUT2D eigenvalue weighted by Gasteiger charge is -2.13. The topological polar surface area (TPSA) is 78.5 Å². The third kappa shape index (κ3) is 4.46. The quantitative estimate of drug-likeness (QED) is 0.517. The Balaban J connectivity index is 1.63. The van der Waals surface area contributed by atoms with Gasteiger partial charge in [0.15, 0.2) is 0 Å². The molecule has 0 unspecified atom stereocenters. The number of hydrogen-bond donors (Lipinski definition) is 2. The van der Waals surface area contributed by atoms with E-state index in [0.29, 0.717) is 42.7 Å². The van der Waals surface area contributed by atoms with Gasteiger partial charge in [0.25, 0.3) is 17.7 Å². The molecule has 1 aliphatic heterocycles. The number of nitrogens with one attached hydrogen (secondary N) is 2. The number of benzene rings is 2. The normalized spacial score (nSPS) is 13.0. The van der Waals surface area contributed by atoms with Crippen LogP contribution in [0.4, 0.5) is 0 Å². The number of rotatable bonds is 9. The average Bonchev–Trinajstić information content (AvgIpc) is 2.96. The molecule has 0 bridgehead atoms. The lowest BCUT2D eigenvalue weighted by atomic mass is 10.1. The standard InChI is InChI=1S/C22H25N3O3/c1-2-11-23-12-13-24-20(26)17-8-9-18-19(15-17)22(28)25(21(18)27)14-10-16-6-4-3-5-7-16/h3-9,15,23H,2,10-14H2,1H3,(H,24,26). The van der Waals surface area contributed by atoms with Crippen LogP contribution >= 0.6 is 0 Å². The fraction of sp³-hybridized carbons (Fsp3) is 0.318. The SMILES string of the molecule is CCCNCCNC(=O)c1ccc2c(c1)C(=O)N(CCc1ccccc1)C2=O. The summed E-state index contributed by atoms with van der Waals surface area (Å²) in [5, 5.41) is 6.03. The Labute approximate surface area is 164 Å². The van der Waals surface area contributed by atoms with Crippen molar-refractivity contribution in [3.8, 4) is 0 Å². The second kappa shape index (κ2) is 9.28. The highest BCUT2D eigenvalue weighted by atomic mass is 16.2. The first-order valence-corrected chi connectivity index (χ1v) is 9.65. The van der Waals surface area contributed by atoms with Crippen LogP contribution < -0.4 is 10.6 Å². The molecule has 0 aromatic heterocycles.